The Labute approximate surface area is 164 Å². The molecule has 1 aliphatic rings. The van der Waals surface area contributed by atoms with Crippen molar-refractivity contribution >= 4 is 21.6 Å². The van der Waals surface area contributed by atoms with Crippen LogP contribution >= 0.6 is 0 Å². The lowest BCUT2D eigenvalue weighted by Crippen LogP contribution is -2.44. The normalized spacial score (nSPS) is 16.4. The van der Waals surface area contributed by atoms with Gasteiger partial charge in [-0.05, 0) is 48.7 Å². The van der Waals surface area contributed by atoms with Gasteiger partial charge in [0.05, 0.1) is 6.26 Å². The van der Waals surface area contributed by atoms with Gasteiger partial charge in [0.1, 0.15) is 5.82 Å². The fourth-order valence-electron chi connectivity index (χ4n) is 3.44. The Hall–Kier alpha value is -2.45. The first-order valence-electron chi connectivity index (χ1n) is 8.97. The highest BCUT2D eigenvalue weighted by atomic mass is 32.2. The van der Waals surface area contributed by atoms with Crippen LogP contribution in [0.5, 0.6) is 0 Å². The molecule has 8 heteroatoms. The molecule has 0 aromatic heterocycles. The maximum atomic E-state index is 13.8. The van der Waals surface area contributed by atoms with Crippen molar-refractivity contribution in [2.45, 2.75) is 18.3 Å². The molecular formula is C20H23FN2O4S. The second kappa shape index (κ2) is 8.28. The van der Waals surface area contributed by atoms with Crippen molar-refractivity contribution in [1.82, 2.24) is 5.32 Å². The number of sulfonamides is 1. The number of benzene rings is 2. The second-order valence-corrected chi connectivity index (χ2v) is 8.79. The first-order chi connectivity index (χ1) is 13.3. The molecule has 3 rings (SSSR count). The third-order valence-corrected chi connectivity index (χ3v) is 5.51. The number of amides is 1. The Morgan fingerprint density at radius 2 is 1.86 bits per heavy atom. The number of rotatable bonds is 6. The highest BCUT2D eigenvalue weighted by molar-refractivity contribution is 7.92. The van der Waals surface area contributed by atoms with Crippen molar-refractivity contribution in [3.8, 4) is 0 Å². The summed E-state index contributed by atoms with van der Waals surface area (Å²) < 4.78 is 44.3. The highest BCUT2D eigenvalue weighted by Gasteiger charge is 2.35. The molecule has 6 nitrogen and oxygen atoms in total. The van der Waals surface area contributed by atoms with E-state index in [4.69, 9.17) is 4.74 Å². The average molecular weight is 406 g/mol. The number of halogens is 1. The summed E-state index contributed by atoms with van der Waals surface area (Å²) in [5, 5.41) is 2.92. The largest absolute Gasteiger partial charge is 0.381 e. The summed E-state index contributed by atoms with van der Waals surface area (Å²) in [5.41, 5.74) is 1.10. The van der Waals surface area contributed by atoms with E-state index >= 15 is 0 Å². The van der Waals surface area contributed by atoms with Crippen molar-refractivity contribution in [2.75, 3.05) is 30.7 Å². The zero-order valence-corrected chi connectivity index (χ0v) is 16.4. The Kier molecular flexibility index (Phi) is 6.00. The Bertz CT molecular complexity index is 956. The molecule has 1 saturated heterocycles. The topological polar surface area (TPSA) is 84.5 Å². The summed E-state index contributed by atoms with van der Waals surface area (Å²) in [5.74, 6) is -0.631. The van der Waals surface area contributed by atoms with Crippen LogP contribution in [0.25, 0.3) is 0 Å². The fraction of sp³-hybridized carbons (Fsp3) is 0.350. The van der Waals surface area contributed by atoms with Crippen LogP contribution in [0.2, 0.25) is 0 Å². The molecule has 150 valence electrons. The number of hydrogen-bond donors (Lipinski definition) is 2. The molecule has 1 amide bonds. The van der Waals surface area contributed by atoms with Crippen molar-refractivity contribution in [1.29, 1.82) is 0 Å². The minimum absolute atomic E-state index is 0.311. The number of hydrogen-bond acceptors (Lipinski definition) is 4. The van der Waals surface area contributed by atoms with Gasteiger partial charge in [-0.25, -0.2) is 12.8 Å². The molecule has 0 radical (unpaired) electrons. The van der Waals surface area contributed by atoms with Crippen LogP contribution in [0.3, 0.4) is 0 Å². The number of anilines is 1. The maximum absolute atomic E-state index is 13.8. The fourth-order valence-corrected chi connectivity index (χ4v) is 3.99. The van der Waals surface area contributed by atoms with Crippen molar-refractivity contribution in [3.63, 3.8) is 0 Å². The predicted octanol–water partition coefficient (Wildman–Crippen LogP) is 2.68. The molecule has 2 aromatic carbocycles. The lowest BCUT2D eigenvalue weighted by Gasteiger charge is -2.38. The van der Waals surface area contributed by atoms with E-state index in [-0.39, 0.29) is 11.7 Å². The van der Waals surface area contributed by atoms with E-state index in [1.54, 1.807) is 24.3 Å². The first kappa shape index (κ1) is 20.3. The molecule has 1 heterocycles. The second-order valence-electron chi connectivity index (χ2n) is 7.04. The summed E-state index contributed by atoms with van der Waals surface area (Å²) in [6.45, 7) is 1.42. The number of carbonyl (C=O) groups excluding carboxylic acids is 1. The zero-order chi connectivity index (χ0) is 20.2. The maximum Gasteiger partial charge on any atom is 0.251 e. The van der Waals surface area contributed by atoms with Crippen LogP contribution in [0, 0.1) is 5.82 Å². The van der Waals surface area contributed by atoms with Crippen LogP contribution in [0.1, 0.15) is 28.8 Å². The van der Waals surface area contributed by atoms with Crippen molar-refractivity contribution < 1.29 is 22.3 Å². The SMILES string of the molecule is CS(=O)(=O)Nc1cccc(C(=O)NCC2(c3cccc(F)c3)CCOCC2)c1. The number of carbonyl (C=O) groups is 1. The van der Waals surface area contributed by atoms with Gasteiger partial charge >= 0.3 is 0 Å². The van der Waals surface area contributed by atoms with E-state index in [1.165, 1.54) is 18.2 Å². The summed E-state index contributed by atoms with van der Waals surface area (Å²) in [4.78, 5) is 12.7. The van der Waals surface area contributed by atoms with Gasteiger partial charge in [-0.15, -0.1) is 0 Å². The van der Waals surface area contributed by atoms with Gasteiger partial charge in [0.2, 0.25) is 10.0 Å². The van der Waals surface area contributed by atoms with Crippen LogP contribution in [-0.4, -0.2) is 40.3 Å². The van der Waals surface area contributed by atoms with Gasteiger partial charge < -0.3 is 10.1 Å². The van der Waals surface area contributed by atoms with Gasteiger partial charge in [0.25, 0.3) is 5.91 Å². The Morgan fingerprint density at radius 3 is 2.54 bits per heavy atom. The van der Waals surface area contributed by atoms with E-state index in [1.807, 2.05) is 6.07 Å². The molecular weight excluding hydrogens is 383 g/mol. The molecule has 2 N–H and O–H groups in total. The predicted molar refractivity (Wildman–Crippen MR) is 105 cm³/mol. The third-order valence-electron chi connectivity index (χ3n) is 4.90. The van der Waals surface area contributed by atoms with Gasteiger partial charge in [-0.3, -0.25) is 9.52 Å². The first-order valence-corrected chi connectivity index (χ1v) is 10.9. The molecule has 0 saturated carbocycles. The summed E-state index contributed by atoms with van der Waals surface area (Å²) in [6, 6.07) is 12.7. The molecule has 0 spiro atoms. The molecule has 28 heavy (non-hydrogen) atoms. The summed E-state index contributed by atoms with van der Waals surface area (Å²) in [7, 11) is -3.43. The lowest BCUT2D eigenvalue weighted by atomic mass is 9.74. The van der Waals surface area contributed by atoms with E-state index in [0.717, 1.165) is 11.8 Å². The highest BCUT2D eigenvalue weighted by Crippen LogP contribution is 2.34. The minimum atomic E-state index is -3.43. The van der Waals surface area contributed by atoms with Crippen LogP contribution in [-0.2, 0) is 20.2 Å². The van der Waals surface area contributed by atoms with E-state index < -0.39 is 15.4 Å². The number of ether oxygens (including phenoxy) is 1. The van der Waals surface area contributed by atoms with Crippen LogP contribution in [0.15, 0.2) is 48.5 Å². The van der Waals surface area contributed by atoms with E-state index in [2.05, 4.69) is 10.0 Å². The van der Waals surface area contributed by atoms with E-state index in [0.29, 0.717) is 43.9 Å². The molecule has 2 aromatic rings. The van der Waals surface area contributed by atoms with Crippen LogP contribution < -0.4 is 10.0 Å². The molecule has 1 aliphatic heterocycles. The third kappa shape index (κ3) is 5.08. The summed E-state index contributed by atoms with van der Waals surface area (Å²) >= 11 is 0. The Balaban J connectivity index is 1.77. The van der Waals surface area contributed by atoms with Gasteiger partial charge in [-0.1, -0.05) is 18.2 Å². The quantitative estimate of drug-likeness (QED) is 0.773. The van der Waals surface area contributed by atoms with Crippen LogP contribution in [0.4, 0.5) is 10.1 Å². The van der Waals surface area contributed by atoms with Gasteiger partial charge in [0.15, 0.2) is 0 Å². The molecule has 0 aliphatic carbocycles. The monoisotopic (exact) mass is 406 g/mol. The molecule has 0 atom stereocenters. The lowest BCUT2D eigenvalue weighted by molar-refractivity contribution is 0.0486. The molecule has 0 bridgehead atoms. The van der Waals surface area contributed by atoms with Gasteiger partial charge in [0, 0.05) is 36.4 Å². The summed E-state index contributed by atoms with van der Waals surface area (Å²) in [6.07, 6.45) is 2.40. The van der Waals surface area contributed by atoms with Gasteiger partial charge in [-0.2, -0.15) is 0 Å². The Morgan fingerprint density at radius 1 is 1.14 bits per heavy atom. The van der Waals surface area contributed by atoms with Crippen molar-refractivity contribution in [3.05, 3.63) is 65.5 Å². The molecule has 0 unspecified atom stereocenters. The molecule has 1 fully saturated rings. The van der Waals surface area contributed by atoms with Crippen molar-refractivity contribution in [2.24, 2.45) is 0 Å². The minimum Gasteiger partial charge on any atom is -0.381 e. The number of nitrogens with one attached hydrogen (secondary N) is 2. The zero-order valence-electron chi connectivity index (χ0n) is 15.6. The van der Waals surface area contributed by atoms with E-state index in [9.17, 15) is 17.6 Å². The average Bonchev–Trinajstić information content (AvgIpc) is 2.66. The standard InChI is InChI=1S/C20H23FN2O4S/c1-28(25,26)23-18-7-2-4-15(12-18)19(24)22-14-20(8-10-27-11-9-20)16-5-3-6-17(21)13-16/h2-7,12-13,23H,8-11,14H2,1H3,(H,22,24). The smallest absolute Gasteiger partial charge is 0.251 e.